The SMILES string of the molecule is C[C@@H](NC(=O)CC[C@@H]1CCCO1)c1ccc(Cl)s1. The molecule has 18 heavy (non-hydrogen) atoms. The first-order chi connectivity index (χ1) is 8.65. The number of carbonyl (C=O) groups is 1. The van der Waals surface area contributed by atoms with E-state index in [1.54, 1.807) is 0 Å². The maximum absolute atomic E-state index is 11.8. The third kappa shape index (κ3) is 3.97. The number of ether oxygens (including phenoxy) is 1. The summed E-state index contributed by atoms with van der Waals surface area (Å²) in [6.45, 7) is 2.82. The van der Waals surface area contributed by atoms with Gasteiger partial charge < -0.3 is 10.1 Å². The number of rotatable bonds is 5. The molecule has 1 aromatic rings. The third-order valence-electron chi connectivity index (χ3n) is 3.12. The lowest BCUT2D eigenvalue weighted by Gasteiger charge is -2.13. The summed E-state index contributed by atoms with van der Waals surface area (Å²) in [5.41, 5.74) is 0. The fourth-order valence-corrected chi connectivity index (χ4v) is 3.17. The van der Waals surface area contributed by atoms with Gasteiger partial charge >= 0.3 is 0 Å². The maximum atomic E-state index is 11.8. The first-order valence-corrected chi connectivity index (χ1v) is 7.51. The van der Waals surface area contributed by atoms with Gasteiger partial charge in [-0.3, -0.25) is 4.79 Å². The summed E-state index contributed by atoms with van der Waals surface area (Å²) in [6, 6.07) is 3.84. The average Bonchev–Trinajstić information content (AvgIpc) is 2.97. The Labute approximate surface area is 116 Å². The average molecular weight is 288 g/mol. The molecule has 0 unspecified atom stereocenters. The standard InChI is InChI=1S/C13H18ClNO2S/c1-9(11-5-6-12(14)18-11)15-13(16)7-4-10-3-2-8-17-10/h5-6,9-10H,2-4,7-8H2,1H3,(H,15,16)/t9-,10+/m1/s1. The highest BCUT2D eigenvalue weighted by atomic mass is 35.5. The van der Waals surface area contributed by atoms with Crippen LogP contribution >= 0.6 is 22.9 Å². The maximum Gasteiger partial charge on any atom is 0.220 e. The third-order valence-corrected chi connectivity index (χ3v) is 4.53. The van der Waals surface area contributed by atoms with Crippen LogP contribution in [0.5, 0.6) is 0 Å². The molecule has 1 aliphatic rings. The van der Waals surface area contributed by atoms with Crippen LogP contribution in [0.3, 0.4) is 0 Å². The van der Waals surface area contributed by atoms with E-state index in [1.165, 1.54) is 11.3 Å². The number of hydrogen-bond donors (Lipinski definition) is 1. The van der Waals surface area contributed by atoms with Gasteiger partial charge in [-0.2, -0.15) is 0 Å². The molecule has 1 aromatic heterocycles. The van der Waals surface area contributed by atoms with Crippen molar-refractivity contribution >= 4 is 28.8 Å². The second-order valence-corrected chi connectivity index (χ2v) is 6.35. The number of hydrogen-bond acceptors (Lipinski definition) is 3. The van der Waals surface area contributed by atoms with Gasteiger partial charge in [-0.1, -0.05) is 11.6 Å². The number of halogens is 1. The van der Waals surface area contributed by atoms with Crippen LogP contribution in [0.2, 0.25) is 4.34 Å². The van der Waals surface area contributed by atoms with Crippen LogP contribution in [0.4, 0.5) is 0 Å². The van der Waals surface area contributed by atoms with Gasteiger partial charge in [0.1, 0.15) is 0 Å². The minimum absolute atomic E-state index is 0.0273. The molecule has 2 rings (SSSR count). The van der Waals surface area contributed by atoms with Crippen molar-refractivity contribution in [2.24, 2.45) is 0 Å². The monoisotopic (exact) mass is 287 g/mol. The van der Waals surface area contributed by atoms with E-state index in [9.17, 15) is 4.79 Å². The molecule has 0 bridgehead atoms. The molecule has 100 valence electrons. The van der Waals surface area contributed by atoms with Crippen molar-refractivity contribution in [3.05, 3.63) is 21.3 Å². The number of amides is 1. The van der Waals surface area contributed by atoms with Crippen LogP contribution in [0, 0.1) is 0 Å². The largest absolute Gasteiger partial charge is 0.378 e. The summed E-state index contributed by atoms with van der Waals surface area (Å²) in [5, 5.41) is 2.99. The van der Waals surface area contributed by atoms with Crippen LogP contribution in [0.25, 0.3) is 0 Å². The van der Waals surface area contributed by atoms with E-state index in [4.69, 9.17) is 16.3 Å². The van der Waals surface area contributed by atoms with E-state index in [0.29, 0.717) is 6.42 Å². The zero-order chi connectivity index (χ0) is 13.0. The molecule has 5 heteroatoms. The first kappa shape index (κ1) is 13.8. The van der Waals surface area contributed by atoms with Crippen LogP contribution < -0.4 is 5.32 Å². The Morgan fingerprint density at radius 3 is 3.11 bits per heavy atom. The Kier molecular flexibility index (Phi) is 5.03. The lowest BCUT2D eigenvalue weighted by Crippen LogP contribution is -2.26. The van der Waals surface area contributed by atoms with Crippen molar-refractivity contribution in [1.29, 1.82) is 0 Å². The Morgan fingerprint density at radius 2 is 2.50 bits per heavy atom. The van der Waals surface area contributed by atoms with E-state index in [1.807, 2.05) is 19.1 Å². The normalized spacial score (nSPS) is 20.9. The van der Waals surface area contributed by atoms with Gasteiger partial charge in [0, 0.05) is 17.9 Å². The minimum Gasteiger partial charge on any atom is -0.378 e. The first-order valence-electron chi connectivity index (χ1n) is 6.31. The quantitative estimate of drug-likeness (QED) is 0.899. The van der Waals surface area contributed by atoms with Crippen LogP contribution in [0.1, 0.15) is 43.5 Å². The summed E-state index contributed by atoms with van der Waals surface area (Å²) < 4.78 is 6.26. The molecule has 1 amide bonds. The molecule has 0 radical (unpaired) electrons. The molecule has 0 aliphatic carbocycles. The van der Waals surface area contributed by atoms with Gasteiger partial charge in [-0.15, -0.1) is 11.3 Å². The molecule has 0 aromatic carbocycles. The Hall–Kier alpha value is -0.580. The van der Waals surface area contributed by atoms with E-state index >= 15 is 0 Å². The molecule has 1 aliphatic heterocycles. The molecule has 1 saturated heterocycles. The van der Waals surface area contributed by atoms with Crippen LogP contribution in [-0.4, -0.2) is 18.6 Å². The highest BCUT2D eigenvalue weighted by Crippen LogP contribution is 2.26. The van der Waals surface area contributed by atoms with Crippen molar-refractivity contribution in [2.75, 3.05) is 6.61 Å². The smallest absolute Gasteiger partial charge is 0.220 e. The zero-order valence-electron chi connectivity index (χ0n) is 10.4. The lowest BCUT2D eigenvalue weighted by atomic mass is 10.1. The Balaban J connectivity index is 1.73. The Morgan fingerprint density at radius 1 is 1.67 bits per heavy atom. The molecule has 2 atom stereocenters. The van der Waals surface area contributed by atoms with Gasteiger partial charge in [0.15, 0.2) is 0 Å². The molecule has 1 fully saturated rings. The summed E-state index contributed by atoms with van der Waals surface area (Å²) >= 11 is 7.38. The highest BCUT2D eigenvalue weighted by molar-refractivity contribution is 7.16. The van der Waals surface area contributed by atoms with Gasteiger partial charge in [0.05, 0.1) is 16.5 Å². The van der Waals surface area contributed by atoms with Crippen LogP contribution in [0.15, 0.2) is 12.1 Å². The van der Waals surface area contributed by atoms with Crippen molar-refractivity contribution in [3.63, 3.8) is 0 Å². The van der Waals surface area contributed by atoms with Crippen molar-refractivity contribution in [2.45, 2.75) is 44.8 Å². The van der Waals surface area contributed by atoms with E-state index in [-0.39, 0.29) is 18.1 Å². The van der Waals surface area contributed by atoms with Crippen molar-refractivity contribution in [3.8, 4) is 0 Å². The molecular formula is C13H18ClNO2S. The fraction of sp³-hybridized carbons (Fsp3) is 0.615. The van der Waals surface area contributed by atoms with Gasteiger partial charge in [0.25, 0.3) is 0 Å². The summed E-state index contributed by atoms with van der Waals surface area (Å²) in [5.74, 6) is 0.0857. The number of nitrogens with one attached hydrogen (secondary N) is 1. The molecular weight excluding hydrogens is 270 g/mol. The number of thiophene rings is 1. The number of carbonyl (C=O) groups excluding carboxylic acids is 1. The molecule has 2 heterocycles. The second kappa shape index (κ2) is 6.55. The molecule has 3 nitrogen and oxygen atoms in total. The minimum atomic E-state index is 0.0273. The summed E-state index contributed by atoms with van der Waals surface area (Å²) in [7, 11) is 0. The molecule has 1 N–H and O–H groups in total. The fourth-order valence-electron chi connectivity index (χ4n) is 2.11. The second-order valence-electron chi connectivity index (χ2n) is 4.60. The predicted molar refractivity (Wildman–Crippen MR) is 74.1 cm³/mol. The molecule has 0 saturated carbocycles. The van der Waals surface area contributed by atoms with Crippen molar-refractivity contribution in [1.82, 2.24) is 5.32 Å². The van der Waals surface area contributed by atoms with Crippen molar-refractivity contribution < 1.29 is 9.53 Å². The highest BCUT2D eigenvalue weighted by Gasteiger charge is 2.18. The van der Waals surface area contributed by atoms with Gasteiger partial charge in [0.2, 0.25) is 5.91 Å². The lowest BCUT2D eigenvalue weighted by molar-refractivity contribution is -0.122. The van der Waals surface area contributed by atoms with Gasteiger partial charge in [-0.25, -0.2) is 0 Å². The Bertz CT molecular complexity index is 401. The summed E-state index contributed by atoms with van der Waals surface area (Å²) in [6.07, 6.45) is 3.85. The predicted octanol–water partition coefficient (Wildman–Crippen LogP) is 3.54. The topological polar surface area (TPSA) is 38.3 Å². The van der Waals surface area contributed by atoms with Crippen LogP contribution in [-0.2, 0) is 9.53 Å². The molecule has 0 spiro atoms. The van der Waals surface area contributed by atoms with E-state index in [2.05, 4.69) is 5.32 Å². The van der Waals surface area contributed by atoms with E-state index in [0.717, 1.165) is 35.1 Å². The summed E-state index contributed by atoms with van der Waals surface area (Å²) in [4.78, 5) is 12.9. The zero-order valence-corrected chi connectivity index (χ0v) is 12.0. The van der Waals surface area contributed by atoms with Gasteiger partial charge in [-0.05, 0) is 38.3 Å². The van der Waals surface area contributed by atoms with E-state index < -0.39 is 0 Å².